The molecule has 0 fully saturated rings. The highest BCUT2D eigenvalue weighted by molar-refractivity contribution is 8.09. The van der Waals surface area contributed by atoms with E-state index in [1.807, 2.05) is 0 Å². The van der Waals surface area contributed by atoms with E-state index >= 15 is 0 Å². The summed E-state index contributed by atoms with van der Waals surface area (Å²) in [5.41, 5.74) is 0. The van der Waals surface area contributed by atoms with Gasteiger partial charge in [0.1, 0.15) is 6.16 Å². The van der Waals surface area contributed by atoms with Crippen molar-refractivity contribution in [3.8, 4) is 0 Å². The second-order valence-electron chi connectivity index (χ2n) is 8.31. The Bertz CT molecular complexity index is 428. The molecule has 0 heterocycles. The predicted molar refractivity (Wildman–Crippen MR) is 130 cm³/mol. The van der Waals surface area contributed by atoms with Crippen molar-refractivity contribution in [3.05, 3.63) is 0 Å². The lowest BCUT2D eigenvalue weighted by molar-refractivity contribution is -0.141. The van der Waals surface area contributed by atoms with E-state index in [9.17, 15) is 4.79 Å². The van der Waals surface area contributed by atoms with Gasteiger partial charge in [-0.3, -0.25) is 4.79 Å². The van der Waals surface area contributed by atoms with E-state index in [1.54, 1.807) is 0 Å². The summed E-state index contributed by atoms with van der Waals surface area (Å²) in [6, 6.07) is 0. The molecule has 0 spiro atoms. The van der Waals surface area contributed by atoms with Crippen molar-refractivity contribution >= 4 is 24.3 Å². The largest absolute Gasteiger partial charge is 0.465 e. The first-order valence-electron chi connectivity index (χ1n) is 12.2. The molecular weight excluding hydrogens is 419 g/mol. The molecule has 180 valence electrons. The van der Waals surface area contributed by atoms with Crippen molar-refractivity contribution in [1.29, 1.82) is 0 Å². The highest BCUT2D eigenvalue weighted by Crippen LogP contribution is 2.34. The van der Waals surface area contributed by atoms with Crippen molar-refractivity contribution in [1.82, 2.24) is 0 Å². The summed E-state index contributed by atoms with van der Waals surface area (Å²) in [5.74, 6) is -0.652. The summed E-state index contributed by atoms with van der Waals surface area (Å²) in [6.45, 7) is 0.316. The molecule has 0 unspecified atom stereocenters. The maximum Gasteiger partial charge on any atom is 0.315 e. The van der Waals surface area contributed by atoms with Crippen molar-refractivity contribution < 1.29 is 24.1 Å². The highest BCUT2D eigenvalue weighted by atomic mass is 32.5. The van der Waals surface area contributed by atoms with Crippen LogP contribution in [0.2, 0.25) is 0 Å². The number of hydrogen-bond donors (Lipinski definition) is 2. The highest BCUT2D eigenvalue weighted by Gasteiger charge is 2.15. The lowest BCUT2D eigenvalue weighted by Crippen LogP contribution is -2.12. The molecule has 0 aliphatic heterocycles. The van der Waals surface area contributed by atoms with Gasteiger partial charge in [0.15, 0.2) is 6.49 Å². The van der Waals surface area contributed by atoms with Gasteiger partial charge in [0.2, 0.25) is 0 Å². The number of carbonyl (C=O) groups excluding carboxylic acids is 1. The lowest BCUT2D eigenvalue weighted by atomic mass is 10.0. The molecule has 0 radical (unpaired) electrons. The lowest BCUT2D eigenvalue weighted by Gasteiger charge is -2.08. The summed E-state index contributed by atoms with van der Waals surface area (Å²) < 4.78 is 10.4. The van der Waals surface area contributed by atoms with Crippen LogP contribution in [0.25, 0.3) is 0 Å². The fourth-order valence-electron chi connectivity index (χ4n) is 3.42. The van der Waals surface area contributed by atoms with E-state index in [0.717, 1.165) is 13.0 Å². The Morgan fingerprint density at radius 2 is 1.07 bits per heavy atom. The second kappa shape index (κ2) is 22.2. The summed E-state index contributed by atoms with van der Waals surface area (Å²) in [5, 5.41) is 0. The number of esters is 1. The van der Waals surface area contributed by atoms with Crippen molar-refractivity contribution in [3.63, 3.8) is 0 Å². The average Bonchev–Trinajstić information content (AvgIpc) is 2.68. The Morgan fingerprint density at radius 1 is 0.667 bits per heavy atom. The van der Waals surface area contributed by atoms with E-state index in [2.05, 4.69) is 18.7 Å². The minimum atomic E-state index is -3.49. The molecule has 0 amide bonds. The second-order valence-corrected chi connectivity index (χ2v) is 11.7. The van der Waals surface area contributed by atoms with Crippen LogP contribution >= 0.6 is 6.49 Å². The van der Waals surface area contributed by atoms with Gasteiger partial charge in [-0.25, -0.2) is 0 Å². The number of hydrogen-bond acceptors (Lipinski definition) is 4. The zero-order chi connectivity index (χ0) is 22.3. The molecule has 0 aromatic carbocycles. The van der Waals surface area contributed by atoms with Crippen molar-refractivity contribution in [2.24, 2.45) is 0 Å². The SMILES string of the molecule is CCCCCCCCCCCCCCCCCCOCCCOC(=O)CP(O)(O)=S. The van der Waals surface area contributed by atoms with Gasteiger partial charge in [-0.2, -0.15) is 0 Å². The molecule has 7 heteroatoms. The van der Waals surface area contributed by atoms with E-state index < -0.39 is 18.6 Å². The first-order valence-corrected chi connectivity index (χ1v) is 15.1. The van der Waals surface area contributed by atoms with Crippen LogP contribution in [0.4, 0.5) is 0 Å². The maximum absolute atomic E-state index is 11.2. The minimum absolute atomic E-state index is 0.229. The monoisotopic (exact) mass is 466 g/mol. The van der Waals surface area contributed by atoms with E-state index in [4.69, 9.17) is 19.3 Å². The zero-order valence-corrected chi connectivity index (χ0v) is 21.0. The Labute approximate surface area is 190 Å². The van der Waals surface area contributed by atoms with Crippen LogP contribution in [0.5, 0.6) is 0 Å². The number of unbranched alkanes of at least 4 members (excludes halogenated alkanes) is 15. The first kappa shape index (κ1) is 30.0. The topological polar surface area (TPSA) is 76.0 Å². The van der Waals surface area contributed by atoms with E-state index in [-0.39, 0.29) is 6.61 Å². The summed E-state index contributed by atoms with van der Waals surface area (Å²) in [6.07, 6.45) is 21.9. The molecule has 0 aromatic rings. The first-order chi connectivity index (χ1) is 14.5. The van der Waals surface area contributed by atoms with Gasteiger partial charge in [-0.05, 0) is 18.2 Å². The predicted octanol–water partition coefficient (Wildman–Crippen LogP) is 6.49. The van der Waals surface area contributed by atoms with Crippen molar-refractivity contribution in [2.75, 3.05) is 26.0 Å². The Morgan fingerprint density at radius 3 is 1.50 bits per heavy atom. The van der Waals surface area contributed by atoms with Gasteiger partial charge in [-0.15, -0.1) is 0 Å². The molecule has 0 aliphatic carbocycles. The van der Waals surface area contributed by atoms with Gasteiger partial charge >= 0.3 is 5.97 Å². The molecule has 0 saturated carbocycles. The van der Waals surface area contributed by atoms with E-state index in [0.29, 0.717) is 13.0 Å². The molecule has 0 atom stereocenters. The van der Waals surface area contributed by atoms with Crippen LogP contribution in [-0.2, 0) is 26.1 Å². The van der Waals surface area contributed by atoms with Crippen LogP contribution < -0.4 is 0 Å². The molecule has 2 N–H and O–H groups in total. The Hall–Kier alpha value is -0.0000000000000000833. The molecule has 30 heavy (non-hydrogen) atoms. The Balaban J connectivity index is 3.11. The smallest absolute Gasteiger partial charge is 0.315 e. The van der Waals surface area contributed by atoms with Gasteiger partial charge in [0, 0.05) is 19.6 Å². The van der Waals surface area contributed by atoms with Gasteiger partial charge in [0.05, 0.1) is 6.61 Å². The normalized spacial score (nSPS) is 11.7. The molecule has 5 nitrogen and oxygen atoms in total. The molecule has 0 bridgehead atoms. The maximum atomic E-state index is 11.2. The number of carbonyl (C=O) groups is 1. The number of rotatable bonds is 23. The average molecular weight is 467 g/mol. The van der Waals surface area contributed by atoms with Gasteiger partial charge < -0.3 is 19.3 Å². The van der Waals surface area contributed by atoms with Crippen LogP contribution in [-0.4, -0.2) is 41.7 Å². The molecule has 0 rings (SSSR count). The third-order valence-electron chi connectivity index (χ3n) is 5.17. The Kier molecular flexibility index (Phi) is 22.2. The van der Waals surface area contributed by atoms with Crippen LogP contribution in [0.1, 0.15) is 116 Å². The van der Waals surface area contributed by atoms with Crippen LogP contribution in [0.15, 0.2) is 0 Å². The third-order valence-corrected chi connectivity index (χ3v) is 6.23. The van der Waals surface area contributed by atoms with Crippen LogP contribution in [0, 0.1) is 0 Å². The number of ether oxygens (including phenoxy) is 2. The third kappa shape index (κ3) is 26.0. The van der Waals surface area contributed by atoms with Crippen molar-refractivity contribution in [2.45, 2.75) is 116 Å². The summed E-state index contributed by atoms with van der Waals surface area (Å²) in [4.78, 5) is 29.3. The summed E-state index contributed by atoms with van der Waals surface area (Å²) in [7, 11) is 0. The van der Waals surface area contributed by atoms with Gasteiger partial charge in [0.25, 0.3) is 0 Å². The molecule has 0 aromatic heterocycles. The standard InChI is InChI=1S/C23H47O5PS/c1-2-3-4-5-6-7-8-9-10-11-12-13-14-15-16-17-19-27-20-18-21-28-23(24)22-29(25,26)30/h2-22H2,1H3,(H2,25,26,30). The molecule has 0 aliphatic rings. The van der Waals surface area contributed by atoms with E-state index in [1.165, 1.54) is 96.3 Å². The molecular formula is C23H47O5PS. The van der Waals surface area contributed by atoms with Gasteiger partial charge in [-0.1, -0.05) is 103 Å². The fourth-order valence-corrected chi connectivity index (χ4v) is 4.16. The quantitative estimate of drug-likeness (QED) is 0.102. The fraction of sp³-hybridized carbons (Fsp3) is 0.957. The zero-order valence-electron chi connectivity index (χ0n) is 19.3. The summed E-state index contributed by atoms with van der Waals surface area (Å²) >= 11 is 4.39. The minimum Gasteiger partial charge on any atom is -0.465 e. The molecule has 0 saturated heterocycles. The van der Waals surface area contributed by atoms with Crippen LogP contribution in [0.3, 0.4) is 0 Å².